The average molecular weight is 356 g/mol. The van der Waals surface area contributed by atoms with E-state index in [4.69, 9.17) is 0 Å². The molecule has 0 radical (unpaired) electrons. The molecule has 0 spiro atoms. The predicted octanol–water partition coefficient (Wildman–Crippen LogP) is 2.97. The van der Waals surface area contributed by atoms with E-state index in [9.17, 15) is 14.0 Å². The highest BCUT2D eigenvalue weighted by atomic mass is 19.1. The molecule has 2 amide bonds. The highest BCUT2D eigenvalue weighted by molar-refractivity contribution is 5.78. The third-order valence-corrected chi connectivity index (χ3v) is 4.16. The lowest BCUT2D eigenvalue weighted by atomic mass is 10.1. The van der Waals surface area contributed by atoms with E-state index in [0.717, 1.165) is 18.4 Å². The van der Waals surface area contributed by atoms with Crippen LogP contribution in [-0.4, -0.2) is 36.3 Å². The monoisotopic (exact) mass is 356 g/mol. The van der Waals surface area contributed by atoms with E-state index in [0.29, 0.717) is 19.6 Å². The van der Waals surface area contributed by atoms with E-state index in [1.807, 2.05) is 18.2 Å². The molecule has 0 unspecified atom stereocenters. The van der Waals surface area contributed by atoms with E-state index < -0.39 is 0 Å². The van der Waals surface area contributed by atoms with Crippen molar-refractivity contribution in [3.05, 3.63) is 71.5 Å². The molecule has 0 atom stereocenters. The summed E-state index contributed by atoms with van der Waals surface area (Å²) in [5.41, 5.74) is 2.01. The van der Waals surface area contributed by atoms with Crippen LogP contribution in [0.4, 0.5) is 4.39 Å². The zero-order valence-corrected chi connectivity index (χ0v) is 15.1. The van der Waals surface area contributed by atoms with Gasteiger partial charge in [-0.15, -0.1) is 0 Å². The number of rotatable bonds is 9. The Morgan fingerprint density at radius 3 is 2.31 bits per heavy atom. The van der Waals surface area contributed by atoms with Gasteiger partial charge in [0.1, 0.15) is 5.82 Å². The Labute approximate surface area is 154 Å². The van der Waals surface area contributed by atoms with Crippen LogP contribution >= 0.6 is 0 Å². The van der Waals surface area contributed by atoms with Gasteiger partial charge in [0, 0.05) is 26.6 Å². The molecule has 0 aliphatic rings. The molecule has 26 heavy (non-hydrogen) atoms. The number of hydrogen-bond donors (Lipinski definition) is 1. The van der Waals surface area contributed by atoms with Gasteiger partial charge < -0.3 is 10.2 Å². The number of carbonyl (C=O) groups excluding carboxylic acids is 2. The first-order chi connectivity index (χ1) is 12.5. The second-order valence-electron chi connectivity index (χ2n) is 6.25. The van der Waals surface area contributed by atoms with Crippen molar-refractivity contribution in [3.8, 4) is 0 Å². The Balaban J connectivity index is 1.69. The molecule has 2 rings (SSSR count). The zero-order chi connectivity index (χ0) is 18.8. The molecular weight excluding hydrogens is 331 g/mol. The van der Waals surface area contributed by atoms with E-state index in [-0.39, 0.29) is 24.1 Å². The molecule has 138 valence electrons. The number of aryl methyl sites for hydroxylation is 1. The Bertz CT molecular complexity index is 702. The maximum absolute atomic E-state index is 12.9. The Hall–Kier alpha value is -2.69. The summed E-state index contributed by atoms with van der Waals surface area (Å²) in [6.07, 6.45) is 2.00. The van der Waals surface area contributed by atoms with Crippen molar-refractivity contribution in [1.29, 1.82) is 0 Å². The lowest BCUT2D eigenvalue weighted by Crippen LogP contribution is -2.38. The topological polar surface area (TPSA) is 49.4 Å². The summed E-state index contributed by atoms with van der Waals surface area (Å²) in [6.45, 7) is 3.10. The normalized spacial score (nSPS) is 10.4. The second kappa shape index (κ2) is 10.3. The third kappa shape index (κ3) is 7.05. The number of carbonyl (C=O) groups is 2. The summed E-state index contributed by atoms with van der Waals surface area (Å²) < 4.78 is 12.9. The molecule has 5 heteroatoms. The van der Waals surface area contributed by atoms with Crippen molar-refractivity contribution >= 4 is 11.8 Å². The van der Waals surface area contributed by atoms with Crippen LogP contribution in [0.2, 0.25) is 0 Å². The van der Waals surface area contributed by atoms with Gasteiger partial charge in [0.25, 0.3) is 0 Å². The van der Waals surface area contributed by atoms with Crippen molar-refractivity contribution in [1.82, 2.24) is 10.2 Å². The smallest absolute Gasteiger partial charge is 0.224 e. The molecule has 2 aromatic rings. The molecule has 1 N–H and O–H groups in total. The molecular formula is C21H25FN2O2. The first-order valence-corrected chi connectivity index (χ1v) is 8.85. The van der Waals surface area contributed by atoms with Crippen LogP contribution in [0.1, 0.15) is 24.5 Å². The molecule has 0 saturated heterocycles. The lowest BCUT2D eigenvalue weighted by molar-refractivity contribution is -0.129. The number of nitrogens with zero attached hydrogens (tertiary/aromatic N) is 1. The first-order valence-electron chi connectivity index (χ1n) is 8.85. The first kappa shape index (κ1) is 19.6. The van der Waals surface area contributed by atoms with Gasteiger partial charge in [0.2, 0.25) is 11.8 Å². The fraction of sp³-hybridized carbons (Fsp3) is 0.333. The van der Waals surface area contributed by atoms with Crippen LogP contribution in [0, 0.1) is 5.82 Å². The summed E-state index contributed by atoms with van der Waals surface area (Å²) >= 11 is 0. The van der Waals surface area contributed by atoms with Crippen LogP contribution in [0.15, 0.2) is 54.6 Å². The van der Waals surface area contributed by atoms with Crippen molar-refractivity contribution in [2.45, 2.75) is 26.2 Å². The minimum absolute atomic E-state index is 0.00541. The minimum atomic E-state index is -0.318. The molecule has 0 saturated carbocycles. The molecule has 0 heterocycles. The fourth-order valence-corrected chi connectivity index (χ4v) is 2.73. The number of nitrogens with one attached hydrogen (secondary N) is 1. The van der Waals surface area contributed by atoms with Crippen molar-refractivity contribution < 1.29 is 14.0 Å². The largest absolute Gasteiger partial charge is 0.354 e. The Kier molecular flexibility index (Phi) is 7.80. The number of amides is 2. The summed E-state index contributed by atoms with van der Waals surface area (Å²) in [7, 11) is 0. The summed E-state index contributed by atoms with van der Waals surface area (Å²) in [5.74, 6) is -0.447. The molecule has 0 aromatic heterocycles. The van der Waals surface area contributed by atoms with Gasteiger partial charge in [0.05, 0.1) is 6.42 Å². The quantitative estimate of drug-likeness (QED) is 0.751. The van der Waals surface area contributed by atoms with Crippen LogP contribution in [0.5, 0.6) is 0 Å². The second-order valence-corrected chi connectivity index (χ2v) is 6.25. The zero-order valence-electron chi connectivity index (χ0n) is 15.1. The Morgan fingerprint density at radius 1 is 0.962 bits per heavy atom. The van der Waals surface area contributed by atoms with Gasteiger partial charge in [-0.3, -0.25) is 9.59 Å². The van der Waals surface area contributed by atoms with Crippen molar-refractivity contribution in [2.75, 3.05) is 19.6 Å². The highest BCUT2D eigenvalue weighted by Crippen LogP contribution is 2.05. The number of benzene rings is 2. The van der Waals surface area contributed by atoms with Crippen LogP contribution in [0.3, 0.4) is 0 Å². The minimum Gasteiger partial charge on any atom is -0.354 e. The molecule has 0 fully saturated rings. The van der Waals surface area contributed by atoms with E-state index in [1.165, 1.54) is 17.7 Å². The maximum Gasteiger partial charge on any atom is 0.224 e. The predicted molar refractivity (Wildman–Crippen MR) is 100 cm³/mol. The SMILES string of the molecule is CC(=O)N(CCCc1ccccc1)CCNC(=O)Cc1ccc(F)cc1. The van der Waals surface area contributed by atoms with Gasteiger partial charge in [-0.1, -0.05) is 42.5 Å². The van der Waals surface area contributed by atoms with Gasteiger partial charge in [-0.2, -0.15) is 0 Å². The van der Waals surface area contributed by atoms with Crippen LogP contribution < -0.4 is 5.32 Å². The molecule has 0 aliphatic carbocycles. The number of hydrogen-bond acceptors (Lipinski definition) is 2. The third-order valence-electron chi connectivity index (χ3n) is 4.16. The standard InChI is InChI=1S/C21H25FN2O2/c1-17(25)24(14-5-8-18-6-3-2-4-7-18)15-13-23-21(26)16-19-9-11-20(22)12-10-19/h2-4,6-7,9-12H,5,8,13-16H2,1H3,(H,23,26). The Morgan fingerprint density at radius 2 is 1.65 bits per heavy atom. The summed E-state index contributed by atoms with van der Waals surface area (Å²) in [6, 6.07) is 16.0. The highest BCUT2D eigenvalue weighted by Gasteiger charge is 2.09. The van der Waals surface area contributed by atoms with Gasteiger partial charge in [0.15, 0.2) is 0 Å². The molecule has 0 aliphatic heterocycles. The van der Waals surface area contributed by atoms with E-state index >= 15 is 0 Å². The van der Waals surface area contributed by atoms with Crippen molar-refractivity contribution in [2.24, 2.45) is 0 Å². The fourth-order valence-electron chi connectivity index (χ4n) is 2.73. The summed E-state index contributed by atoms with van der Waals surface area (Å²) in [5, 5.41) is 2.81. The maximum atomic E-state index is 12.9. The molecule has 4 nitrogen and oxygen atoms in total. The van der Waals surface area contributed by atoms with Crippen LogP contribution in [0.25, 0.3) is 0 Å². The van der Waals surface area contributed by atoms with Gasteiger partial charge in [-0.05, 0) is 36.1 Å². The lowest BCUT2D eigenvalue weighted by Gasteiger charge is -2.21. The van der Waals surface area contributed by atoms with E-state index in [2.05, 4.69) is 17.4 Å². The average Bonchev–Trinajstić information content (AvgIpc) is 2.63. The molecule has 2 aromatic carbocycles. The van der Waals surface area contributed by atoms with Crippen molar-refractivity contribution in [3.63, 3.8) is 0 Å². The van der Waals surface area contributed by atoms with Gasteiger partial charge >= 0.3 is 0 Å². The summed E-state index contributed by atoms with van der Waals surface area (Å²) in [4.78, 5) is 25.5. The van der Waals surface area contributed by atoms with E-state index in [1.54, 1.807) is 24.0 Å². The number of halogens is 1. The van der Waals surface area contributed by atoms with Crippen LogP contribution in [-0.2, 0) is 22.4 Å². The van der Waals surface area contributed by atoms with Gasteiger partial charge in [-0.25, -0.2) is 4.39 Å². The molecule has 0 bridgehead atoms.